The summed E-state index contributed by atoms with van der Waals surface area (Å²) < 4.78 is 32.9. The molecule has 1 saturated heterocycles. The zero-order chi connectivity index (χ0) is 18.1. The van der Waals surface area contributed by atoms with E-state index in [0.717, 1.165) is 38.0 Å². The molecule has 2 aromatic rings. The number of anilines is 1. The average Bonchev–Trinajstić information content (AvgIpc) is 3.32. The number of rotatable bonds is 4. The van der Waals surface area contributed by atoms with Gasteiger partial charge in [-0.1, -0.05) is 6.07 Å². The Balaban J connectivity index is 1.55. The van der Waals surface area contributed by atoms with Crippen molar-refractivity contribution < 1.29 is 17.6 Å². The molecule has 0 unspecified atom stereocenters. The van der Waals surface area contributed by atoms with E-state index in [1.807, 2.05) is 6.07 Å². The summed E-state index contributed by atoms with van der Waals surface area (Å²) in [7, 11) is -4.00. The van der Waals surface area contributed by atoms with Gasteiger partial charge in [0.15, 0.2) is 5.69 Å². The molecule has 1 amide bonds. The summed E-state index contributed by atoms with van der Waals surface area (Å²) in [5.74, 6) is -0.384. The molecule has 0 saturated carbocycles. The Labute approximate surface area is 151 Å². The second-order valence-electron chi connectivity index (χ2n) is 6.47. The summed E-state index contributed by atoms with van der Waals surface area (Å²) in [5.41, 5.74) is 1.46. The lowest BCUT2D eigenvalue weighted by molar-refractivity contribution is 0.0976. The highest BCUT2D eigenvalue weighted by molar-refractivity contribution is 7.90. The van der Waals surface area contributed by atoms with Crippen molar-refractivity contribution in [1.82, 2.24) is 15.0 Å². The van der Waals surface area contributed by atoms with E-state index in [2.05, 4.69) is 20.3 Å². The maximum absolute atomic E-state index is 12.7. The highest BCUT2D eigenvalue weighted by atomic mass is 32.2. The van der Waals surface area contributed by atoms with Gasteiger partial charge in [-0.2, -0.15) is 0 Å². The summed E-state index contributed by atoms with van der Waals surface area (Å²) in [5, 5.41) is 6.40. The Kier molecular flexibility index (Phi) is 4.41. The molecule has 3 heterocycles. The summed E-state index contributed by atoms with van der Waals surface area (Å²) in [6, 6.07) is 4.99. The minimum atomic E-state index is -4.00. The van der Waals surface area contributed by atoms with Crippen LogP contribution in [0.5, 0.6) is 0 Å². The van der Waals surface area contributed by atoms with E-state index < -0.39 is 15.9 Å². The Bertz CT molecular complexity index is 932. The van der Waals surface area contributed by atoms with Crippen LogP contribution in [0.15, 0.2) is 33.8 Å². The van der Waals surface area contributed by atoms with Gasteiger partial charge in [-0.05, 0) is 49.9 Å². The van der Waals surface area contributed by atoms with Crippen molar-refractivity contribution in [1.29, 1.82) is 0 Å². The summed E-state index contributed by atoms with van der Waals surface area (Å²) in [6.07, 6.45) is 4.57. The topological polar surface area (TPSA) is 113 Å². The van der Waals surface area contributed by atoms with E-state index in [0.29, 0.717) is 17.9 Å². The van der Waals surface area contributed by atoms with Crippen LogP contribution in [0.2, 0.25) is 0 Å². The van der Waals surface area contributed by atoms with Gasteiger partial charge < -0.3 is 15.1 Å². The van der Waals surface area contributed by atoms with Crippen LogP contribution in [-0.4, -0.2) is 32.4 Å². The molecule has 0 radical (unpaired) electrons. The van der Waals surface area contributed by atoms with Crippen LogP contribution >= 0.6 is 0 Å². The van der Waals surface area contributed by atoms with Crippen LogP contribution in [-0.2, 0) is 16.4 Å². The van der Waals surface area contributed by atoms with E-state index >= 15 is 0 Å². The lowest BCUT2D eigenvalue weighted by atomic mass is 10.0. The van der Waals surface area contributed by atoms with Crippen molar-refractivity contribution in [2.24, 2.45) is 0 Å². The molecular formula is C17H20N4O4S. The largest absolute Gasteiger partial charge is 0.446 e. The molecule has 9 heteroatoms. The van der Waals surface area contributed by atoms with E-state index in [4.69, 9.17) is 4.42 Å². The Hall–Kier alpha value is -2.39. The fourth-order valence-corrected chi connectivity index (χ4v) is 4.66. The molecule has 1 aromatic carbocycles. The van der Waals surface area contributed by atoms with Crippen molar-refractivity contribution in [3.63, 3.8) is 0 Å². The van der Waals surface area contributed by atoms with Gasteiger partial charge in [0.25, 0.3) is 15.9 Å². The molecule has 138 valence electrons. The Morgan fingerprint density at radius 3 is 2.96 bits per heavy atom. The van der Waals surface area contributed by atoms with E-state index in [1.165, 1.54) is 12.3 Å². The first-order valence-electron chi connectivity index (χ1n) is 8.66. The van der Waals surface area contributed by atoms with Gasteiger partial charge in [-0.3, -0.25) is 4.79 Å². The molecule has 0 spiro atoms. The normalized spacial score (nSPS) is 19.6. The van der Waals surface area contributed by atoms with Crippen LogP contribution in [0.3, 0.4) is 0 Å². The molecule has 8 nitrogen and oxygen atoms in total. The predicted molar refractivity (Wildman–Crippen MR) is 94.4 cm³/mol. The number of benzene rings is 1. The molecule has 2 aliphatic heterocycles. The van der Waals surface area contributed by atoms with Crippen LogP contribution < -0.4 is 15.4 Å². The first-order valence-corrected chi connectivity index (χ1v) is 10.1. The van der Waals surface area contributed by atoms with Gasteiger partial charge in [0, 0.05) is 12.2 Å². The van der Waals surface area contributed by atoms with Gasteiger partial charge in [0.1, 0.15) is 6.26 Å². The van der Waals surface area contributed by atoms with Crippen LogP contribution in [0, 0.1) is 0 Å². The number of nitrogens with one attached hydrogen (secondary N) is 3. The second kappa shape index (κ2) is 6.73. The maximum Gasteiger partial charge on any atom is 0.286 e. The highest BCUT2D eigenvalue weighted by Gasteiger charge is 2.27. The lowest BCUT2D eigenvalue weighted by Crippen LogP contribution is -2.32. The SMILES string of the molecule is O=C(NS(=O)(=O)c1cccc2c1CCCN2)c1coc([C@@H]2CCCN2)n1. The van der Waals surface area contributed by atoms with E-state index in [9.17, 15) is 13.2 Å². The van der Waals surface area contributed by atoms with Crippen LogP contribution in [0.4, 0.5) is 5.69 Å². The number of sulfonamides is 1. The minimum Gasteiger partial charge on any atom is -0.446 e. The van der Waals surface area contributed by atoms with Gasteiger partial charge in [0.05, 0.1) is 10.9 Å². The third-order valence-corrected chi connectivity index (χ3v) is 6.10. The number of fused-ring (bicyclic) bond motifs is 1. The predicted octanol–water partition coefficient (Wildman–Crippen LogP) is 1.58. The quantitative estimate of drug-likeness (QED) is 0.742. The van der Waals surface area contributed by atoms with E-state index in [-0.39, 0.29) is 16.6 Å². The van der Waals surface area contributed by atoms with Gasteiger partial charge in [0.2, 0.25) is 5.89 Å². The zero-order valence-electron chi connectivity index (χ0n) is 14.1. The number of carbonyl (C=O) groups is 1. The molecule has 2 aliphatic rings. The van der Waals surface area contributed by atoms with Crippen molar-refractivity contribution in [3.05, 3.63) is 41.6 Å². The zero-order valence-corrected chi connectivity index (χ0v) is 14.9. The Morgan fingerprint density at radius 2 is 2.15 bits per heavy atom. The standard InChI is InChI=1S/C17H20N4O4S/c22-16(14-10-25-17(20-14)13-6-3-9-19-13)21-26(23,24)15-7-1-5-12-11(15)4-2-8-18-12/h1,5,7,10,13,18-19H,2-4,6,8-9H2,(H,21,22)/t13-/m0/s1. The molecule has 4 rings (SSSR count). The first kappa shape index (κ1) is 17.0. The maximum atomic E-state index is 12.7. The van der Waals surface area contributed by atoms with Crippen molar-refractivity contribution in [2.75, 3.05) is 18.4 Å². The first-order chi connectivity index (χ1) is 12.5. The van der Waals surface area contributed by atoms with Crippen molar-refractivity contribution in [3.8, 4) is 0 Å². The van der Waals surface area contributed by atoms with E-state index in [1.54, 1.807) is 6.07 Å². The number of hydrogen-bond donors (Lipinski definition) is 3. The number of aromatic nitrogens is 1. The van der Waals surface area contributed by atoms with Crippen molar-refractivity contribution in [2.45, 2.75) is 36.6 Å². The molecule has 1 aromatic heterocycles. The molecule has 26 heavy (non-hydrogen) atoms. The number of carbonyl (C=O) groups excluding carboxylic acids is 1. The fraction of sp³-hybridized carbons (Fsp3) is 0.412. The summed E-state index contributed by atoms with van der Waals surface area (Å²) in [6.45, 7) is 1.68. The van der Waals surface area contributed by atoms with Gasteiger partial charge in [-0.15, -0.1) is 0 Å². The smallest absolute Gasteiger partial charge is 0.286 e. The second-order valence-corrected chi connectivity index (χ2v) is 8.12. The van der Waals surface area contributed by atoms with Gasteiger partial charge >= 0.3 is 0 Å². The fourth-order valence-electron chi connectivity index (χ4n) is 3.41. The number of hydrogen-bond acceptors (Lipinski definition) is 7. The van der Waals surface area contributed by atoms with Gasteiger partial charge in [-0.25, -0.2) is 18.1 Å². The molecule has 3 N–H and O–H groups in total. The molecular weight excluding hydrogens is 356 g/mol. The van der Waals surface area contributed by atoms with Crippen LogP contribution in [0.1, 0.15) is 47.2 Å². The molecule has 0 aliphatic carbocycles. The number of oxazole rings is 1. The molecule has 1 atom stereocenters. The Morgan fingerprint density at radius 1 is 1.27 bits per heavy atom. The molecule has 1 fully saturated rings. The van der Waals surface area contributed by atoms with Crippen LogP contribution in [0.25, 0.3) is 0 Å². The summed E-state index contributed by atoms with van der Waals surface area (Å²) >= 11 is 0. The lowest BCUT2D eigenvalue weighted by Gasteiger charge is -2.20. The summed E-state index contributed by atoms with van der Waals surface area (Å²) in [4.78, 5) is 16.6. The average molecular weight is 376 g/mol. The third-order valence-electron chi connectivity index (χ3n) is 4.68. The number of amides is 1. The van der Waals surface area contributed by atoms with Crippen molar-refractivity contribution >= 4 is 21.6 Å². The third kappa shape index (κ3) is 3.19. The monoisotopic (exact) mass is 376 g/mol. The highest BCUT2D eigenvalue weighted by Crippen LogP contribution is 2.28. The molecule has 0 bridgehead atoms. The minimum absolute atomic E-state index is 0.0274. The number of nitrogens with zero attached hydrogens (tertiary/aromatic N) is 1.